The summed E-state index contributed by atoms with van der Waals surface area (Å²) in [4.78, 5) is 19.1. The molecule has 6 nitrogen and oxygen atoms in total. The number of ether oxygens (including phenoxy) is 2. The first kappa shape index (κ1) is 21.4. The number of hydrogen-bond donors (Lipinski definition) is 1. The third-order valence-corrected chi connectivity index (χ3v) is 6.50. The first-order valence-corrected chi connectivity index (χ1v) is 11.4. The predicted octanol–water partition coefficient (Wildman–Crippen LogP) is 5.68. The molecule has 0 spiro atoms. The zero-order chi connectivity index (χ0) is 22.0. The van der Waals surface area contributed by atoms with Crippen molar-refractivity contribution < 1.29 is 14.3 Å². The SMILES string of the molecule is COc1ccc2sc(OC3CCN(C(=O)Nc4ccc(C(C)(C)C)cc4)CC3)nc2c1. The molecule has 2 heterocycles. The Labute approximate surface area is 187 Å². The lowest BCUT2D eigenvalue weighted by Gasteiger charge is -2.31. The highest BCUT2D eigenvalue weighted by Gasteiger charge is 2.25. The summed E-state index contributed by atoms with van der Waals surface area (Å²) in [6, 6.07) is 13.9. The standard InChI is InChI=1S/C24H29N3O3S/c1-24(2,3)16-5-7-17(8-6-16)25-22(28)27-13-11-18(12-14-27)30-23-26-20-15-19(29-4)9-10-21(20)31-23/h5-10,15,18H,11-14H2,1-4H3,(H,25,28). The minimum atomic E-state index is -0.0611. The molecule has 1 fully saturated rings. The number of rotatable bonds is 4. The molecule has 1 N–H and O–H groups in total. The maximum absolute atomic E-state index is 12.6. The van der Waals surface area contributed by atoms with Gasteiger partial charge in [0.1, 0.15) is 11.9 Å². The fourth-order valence-electron chi connectivity index (χ4n) is 3.64. The number of carbonyl (C=O) groups is 1. The second-order valence-electron chi connectivity index (χ2n) is 8.88. The number of benzene rings is 2. The number of thiazole rings is 1. The lowest BCUT2D eigenvalue weighted by Crippen LogP contribution is -2.43. The van der Waals surface area contributed by atoms with Crippen LogP contribution in [0.3, 0.4) is 0 Å². The van der Waals surface area contributed by atoms with Crippen LogP contribution in [0.2, 0.25) is 0 Å². The molecule has 1 aliphatic heterocycles. The third-order valence-electron chi connectivity index (χ3n) is 5.57. The van der Waals surface area contributed by atoms with Crippen molar-refractivity contribution >= 4 is 33.3 Å². The highest BCUT2D eigenvalue weighted by molar-refractivity contribution is 7.20. The van der Waals surface area contributed by atoms with Crippen LogP contribution in [0, 0.1) is 0 Å². The largest absolute Gasteiger partial charge is 0.497 e. The first-order valence-electron chi connectivity index (χ1n) is 10.6. The van der Waals surface area contributed by atoms with Crippen LogP contribution >= 0.6 is 11.3 Å². The third kappa shape index (κ3) is 5.10. The van der Waals surface area contributed by atoms with E-state index in [9.17, 15) is 4.79 Å². The monoisotopic (exact) mass is 439 g/mol. The Bertz CT molecular complexity index is 1050. The molecule has 164 valence electrons. The number of nitrogens with one attached hydrogen (secondary N) is 1. The molecule has 3 aromatic rings. The molecule has 2 amide bonds. The van der Waals surface area contributed by atoms with Crippen molar-refractivity contribution in [3.63, 3.8) is 0 Å². The van der Waals surface area contributed by atoms with E-state index in [0.717, 1.165) is 34.5 Å². The zero-order valence-electron chi connectivity index (χ0n) is 18.5. The van der Waals surface area contributed by atoms with Gasteiger partial charge in [0.15, 0.2) is 0 Å². The smallest absolute Gasteiger partial charge is 0.321 e. The molecule has 0 saturated carbocycles. The van der Waals surface area contributed by atoms with Crippen LogP contribution in [0.25, 0.3) is 10.2 Å². The van der Waals surface area contributed by atoms with Crippen LogP contribution in [-0.2, 0) is 5.41 Å². The van der Waals surface area contributed by atoms with Crippen LogP contribution in [0.5, 0.6) is 10.9 Å². The van der Waals surface area contributed by atoms with Gasteiger partial charge in [-0.15, -0.1) is 0 Å². The molecule has 1 saturated heterocycles. The number of piperidine rings is 1. The molecule has 31 heavy (non-hydrogen) atoms. The van der Waals surface area contributed by atoms with Crippen LogP contribution in [0.4, 0.5) is 10.5 Å². The fraction of sp³-hybridized carbons (Fsp3) is 0.417. The summed E-state index contributed by atoms with van der Waals surface area (Å²) in [5, 5.41) is 3.68. The molecular weight excluding hydrogens is 410 g/mol. The van der Waals surface area contributed by atoms with Crippen LogP contribution in [-0.4, -0.2) is 42.2 Å². The molecule has 4 rings (SSSR count). The van der Waals surface area contributed by atoms with E-state index in [4.69, 9.17) is 9.47 Å². The van der Waals surface area contributed by atoms with Crippen molar-refractivity contribution in [1.29, 1.82) is 0 Å². The number of amides is 2. The van der Waals surface area contributed by atoms with E-state index in [2.05, 4.69) is 43.2 Å². The topological polar surface area (TPSA) is 63.7 Å². The van der Waals surface area contributed by atoms with Gasteiger partial charge in [-0.25, -0.2) is 9.78 Å². The zero-order valence-corrected chi connectivity index (χ0v) is 19.3. The Morgan fingerprint density at radius 2 is 1.84 bits per heavy atom. The van der Waals surface area contributed by atoms with Crippen molar-refractivity contribution in [1.82, 2.24) is 9.88 Å². The molecule has 1 aliphatic rings. The van der Waals surface area contributed by atoms with Gasteiger partial charge in [-0.2, -0.15) is 0 Å². The lowest BCUT2D eigenvalue weighted by molar-refractivity contribution is 0.115. The normalized spacial score (nSPS) is 15.2. The highest BCUT2D eigenvalue weighted by Crippen LogP contribution is 2.32. The second kappa shape index (κ2) is 8.75. The van der Waals surface area contributed by atoms with Crippen molar-refractivity contribution in [2.45, 2.75) is 45.1 Å². The molecule has 1 aromatic heterocycles. The van der Waals surface area contributed by atoms with Gasteiger partial charge in [0.2, 0.25) is 0 Å². The van der Waals surface area contributed by atoms with Gasteiger partial charge < -0.3 is 19.7 Å². The molecule has 0 unspecified atom stereocenters. The predicted molar refractivity (Wildman–Crippen MR) is 126 cm³/mol. The van der Waals surface area contributed by atoms with Crippen molar-refractivity contribution in [2.75, 3.05) is 25.5 Å². The number of likely N-dealkylation sites (tertiary alicyclic amines) is 1. The minimum Gasteiger partial charge on any atom is -0.497 e. The molecular formula is C24H29N3O3S. The number of aromatic nitrogens is 1. The summed E-state index contributed by atoms with van der Waals surface area (Å²) < 4.78 is 12.4. The molecule has 0 aliphatic carbocycles. The summed E-state index contributed by atoms with van der Waals surface area (Å²) in [5.41, 5.74) is 3.05. The van der Waals surface area contributed by atoms with Crippen molar-refractivity contribution in [3.8, 4) is 10.9 Å². The lowest BCUT2D eigenvalue weighted by atomic mass is 9.87. The quantitative estimate of drug-likeness (QED) is 0.568. The maximum Gasteiger partial charge on any atom is 0.321 e. The summed E-state index contributed by atoms with van der Waals surface area (Å²) in [5.74, 6) is 0.789. The summed E-state index contributed by atoms with van der Waals surface area (Å²) >= 11 is 1.54. The average molecular weight is 440 g/mol. The Morgan fingerprint density at radius 1 is 1.13 bits per heavy atom. The summed E-state index contributed by atoms with van der Waals surface area (Å²) in [7, 11) is 1.65. The molecule has 0 bridgehead atoms. The van der Waals surface area contributed by atoms with E-state index in [0.29, 0.717) is 18.3 Å². The van der Waals surface area contributed by atoms with Crippen LogP contribution in [0.1, 0.15) is 39.2 Å². The van der Waals surface area contributed by atoms with E-state index in [1.165, 1.54) is 16.9 Å². The highest BCUT2D eigenvalue weighted by atomic mass is 32.1. The molecule has 0 radical (unpaired) electrons. The number of nitrogens with zero attached hydrogens (tertiary/aromatic N) is 2. The van der Waals surface area contributed by atoms with Crippen LogP contribution in [0.15, 0.2) is 42.5 Å². The number of hydrogen-bond acceptors (Lipinski definition) is 5. The van der Waals surface area contributed by atoms with Crippen molar-refractivity contribution in [3.05, 3.63) is 48.0 Å². The molecule has 0 atom stereocenters. The Kier molecular flexibility index (Phi) is 6.05. The second-order valence-corrected chi connectivity index (χ2v) is 9.87. The first-order chi connectivity index (χ1) is 14.8. The van der Waals surface area contributed by atoms with Gasteiger partial charge in [-0.3, -0.25) is 0 Å². The Balaban J connectivity index is 1.29. The van der Waals surface area contributed by atoms with E-state index < -0.39 is 0 Å². The molecule has 2 aromatic carbocycles. The number of anilines is 1. The van der Waals surface area contributed by atoms with E-state index in [-0.39, 0.29) is 17.6 Å². The Morgan fingerprint density at radius 3 is 2.48 bits per heavy atom. The van der Waals surface area contributed by atoms with E-state index in [1.807, 2.05) is 35.2 Å². The average Bonchev–Trinajstić information content (AvgIpc) is 3.15. The summed E-state index contributed by atoms with van der Waals surface area (Å²) in [6.45, 7) is 7.86. The number of urea groups is 1. The van der Waals surface area contributed by atoms with Crippen molar-refractivity contribution in [2.24, 2.45) is 0 Å². The number of methoxy groups -OCH3 is 1. The maximum atomic E-state index is 12.6. The van der Waals surface area contributed by atoms with Gasteiger partial charge >= 0.3 is 6.03 Å². The summed E-state index contributed by atoms with van der Waals surface area (Å²) in [6.07, 6.45) is 1.64. The minimum absolute atomic E-state index is 0.0611. The van der Waals surface area contributed by atoms with Gasteiger partial charge in [-0.05, 0) is 35.2 Å². The van der Waals surface area contributed by atoms with E-state index in [1.54, 1.807) is 7.11 Å². The van der Waals surface area contributed by atoms with E-state index >= 15 is 0 Å². The Hall–Kier alpha value is -2.80. The van der Waals surface area contributed by atoms with Crippen LogP contribution < -0.4 is 14.8 Å². The fourth-order valence-corrected chi connectivity index (χ4v) is 4.50. The van der Waals surface area contributed by atoms with Gasteiger partial charge in [0.05, 0.1) is 17.3 Å². The van der Waals surface area contributed by atoms with Gasteiger partial charge in [-0.1, -0.05) is 44.2 Å². The number of carbonyl (C=O) groups excluding carboxylic acids is 1. The molecule has 7 heteroatoms. The van der Waals surface area contributed by atoms with Gasteiger partial charge in [0, 0.05) is 37.7 Å². The van der Waals surface area contributed by atoms with Gasteiger partial charge in [0.25, 0.3) is 5.19 Å². The number of fused-ring (bicyclic) bond motifs is 1.